The highest BCUT2D eigenvalue weighted by Crippen LogP contribution is 2.37. The molecule has 1 aromatic heterocycles. The van der Waals surface area contributed by atoms with Crippen LogP contribution < -0.4 is 14.5 Å². The molecule has 43 heavy (non-hydrogen) atoms. The lowest BCUT2D eigenvalue weighted by Gasteiger charge is -2.42. The molecule has 3 aliphatic heterocycles. The molecule has 3 aliphatic rings. The first-order valence-electron chi connectivity index (χ1n) is 15.2. The number of phenolic OH excluding ortho intramolecular Hbond substituents is 1. The summed E-state index contributed by atoms with van der Waals surface area (Å²) < 4.78 is 11.6. The van der Waals surface area contributed by atoms with Crippen molar-refractivity contribution in [2.24, 2.45) is 0 Å². The zero-order valence-corrected chi connectivity index (χ0v) is 24.5. The summed E-state index contributed by atoms with van der Waals surface area (Å²) in [4.78, 5) is 29.6. The lowest BCUT2D eigenvalue weighted by Crippen LogP contribution is -2.54. The molecule has 3 aromatic rings. The molecule has 2 fully saturated rings. The van der Waals surface area contributed by atoms with Crippen LogP contribution in [0.5, 0.6) is 11.8 Å². The van der Waals surface area contributed by atoms with E-state index >= 15 is 0 Å². The Hall–Kier alpha value is -3.93. The standard InChI is InChI=1S/C32H40N6O5/c39-15-3-8-36-11-12-38(25(21-36)23-40)31-28-7-10-37(30-20-26(41)19-24-5-1-2-6-27(24)30)22-29(28)33-32(34-31)43-16-4-9-35-13-17-42-18-14-35/h1-3,5-6,8,15,19-20,25,40-41H,4,7,9-14,16-18,21-23H2/t25-/m0/s1. The second-order valence-electron chi connectivity index (χ2n) is 11.3. The van der Waals surface area contributed by atoms with Crippen molar-refractivity contribution in [1.82, 2.24) is 19.8 Å². The molecule has 228 valence electrons. The van der Waals surface area contributed by atoms with Crippen molar-refractivity contribution in [3.63, 3.8) is 0 Å². The van der Waals surface area contributed by atoms with Crippen LogP contribution in [0.15, 0.2) is 48.7 Å². The predicted octanol–water partition coefficient (Wildman–Crippen LogP) is 2.19. The first-order chi connectivity index (χ1) is 21.1. The molecule has 1 atom stereocenters. The third kappa shape index (κ3) is 6.69. The Morgan fingerprint density at radius 2 is 1.93 bits per heavy atom. The number of anilines is 2. The van der Waals surface area contributed by atoms with Crippen LogP contribution in [0.4, 0.5) is 11.5 Å². The average molecular weight is 589 g/mol. The highest BCUT2D eigenvalue weighted by Gasteiger charge is 2.32. The van der Waals surface area contributed by atoms with Gasteiger partial charge in [0.2, 0.25) is 0 Å². The van der Waals surface area contributed by atoms with Crippen molar-refractivity contribution < 1.29 is 24.5 Å². The first kappa shape index (κ1) is 29.2. The largest absolute Gasteiger partial charge is 0.508 e. The van der Waals surface area contributed by atoms with Gasteiger partial charge in [-0.05, 0) is 30.4 Å². The highest BCUT2D eigenvalue weighted by molar-refractivity contribution is 5.95. The average Bonchev–Trinajstić information content (AvgIpc) is 3.05. The maximum atomic E-state index is 10.9. The zero-order valence-electron chi connectivity index (χ0n) is 24.5. The van der Waals surface area contributed by atoms with E-state index < -0.39 is 0 Å². The number of aliphatic hydroxyl groups excluding tert-OH is 1. The third-order valence-electron chi connectivity index (χ3n) is 8.51. The Labute approximate surface area is 251 Å². The van der Waals surface area contributed by atoms with Crippen LogP contribution in [-0.2, 0) is 22.5 Å². The molecule has 4 heterocycles. The van der Waals surface area contributed by atoms with Crippen molar-refractivity contribution >= 4 is 28.6 Å². The number of aromatic nitrogens is 2. The lowest BCUT2D eigenvalue weighted by atomic mass is 10.0. The number of fused-ring (bicyclic) bond motifs is 2. The fourth-order valence-electron chi connectivity index (χ4n) is 6.32. The maximum Gasteiger partial charge on any atom is 0.318 e. The summed E-state index contributed by atoms with van der Waals surface area (Å²) in [5.74, 6) is 1.05. The molecule has 0 spiro atoms. The number of morpholine rings is 1. The number of benzene rings is 2. The lowest BCUT2D eigenvalue weighted by molar-refractivity contribution is -0.104. The number of allylic oxidation sites excluding steroid dienone is 1. The fourth-order valence-corrected chi connectivity index (χ4v) is 6.32. The summed E-state index contributed by atoms with van der Waals surface area (Å²) in [7, 11) is 0. The molecule has 2 saturated heterocycles. The number of piperazine rings is 1. The number of hydrogen-bond acceptors (Lipinski definition) is 11. The van der Waals surface area contributed by atoms with Crippen LogP contribution in [0, 0.1) is 0 Å². The van der Waals surface area contributed by atoms with E-state index in [0.29, 0.717) is 38.8 Å². The smallest absolute Gasteiger partial charge is 0.318 e. The molecule has 11 nitrogen and oxygen atoms in total. The van der Waals surface area contributed by atoms with Gasteiger partial charge in [-0.15, -0.1) is 0 Å². The molecule has 2 aromatic carbocycles. The van der Waals surface area contributed by atoms with Crippen LogP contribution >= 0.6 is 0 Å². The second kappa shape index (κ2) is 13.6. The van der Waals surface area contributed by atoms with E-state index in [1.807, 2.05) is 24.3 Å². The van der Waals surface area contributed by atoms with E-state index in [0.717, 1.165) is 92.1 Å². The Kier molecular flexibility index (Phi) is 9.21. The van der Waals surface area contributed by atoms with E-state index in [4.69, 9.17) is 19.4 Å². The number of nitrogens with zero attached hydrogens (tertiary/aromatic N) is 6. The quantitative estimate of drug-likeness (QED) is 0.206. The molecular formula is C32H40N6O5. The van der Waals surface area contributed by atoms with Gasteiger partial charge in [0, 0.05) is 74.7 Å². The Morgan fingerprint density at radius 1 is 1.07 bits per heavy atom. The number of carbonyl (C=O) groups excluding carboxylic acids is 1. The van der Waals surface area contributed by atoms with E-state index in [1.54, 1.807) is 12.3 Å². The van der Waals surface area contributed by atoms with Crippen molar-refractivity contribution in [2.75, 3.05) is 82.0 Å². The van der Waals surface area contributed by atoms with Crippen LogP contribution in [0.1, 0.15) is 17.7 Å². The summed E-state index contributed by atoms with van der Waals surface area (Å²) in [6.45, 7) is 8.04. The SMILES string of the molecule is O=CC=CN1CCN(c2nc(OCCCN3CCOCC3)nc3c2CCN(c2cc(O)cc4ccccc24)C3)[C@H](CO)C1. The van der Waals surface area contributed by atoms with Crippen LogP contribution in [0.2, 0.25) is 0 Å². The number of hydrogen-bond donors (Lipinski definition) is 2. The number of phenols is 1. The molecule has 0 saturated carbocycles. The normalized spacial score (nSPS) is 19.7. The molecule has 6 rings (SSSR count). The highest BCUT2D eigenvalue weighted by atomic mass is 16.5. The molecule has 0 unspecified atom stereocenters. The van der Waals surface area contributed by atoms with Gasteiger partial charge in [0.1, 0.15) is 17.9 Å². The van der Waals surface area contributed by atoms with Gasteiger partial charge < -0.3 is 34.4 Å². The second-order valence-corrected chi connectivity index (χ2v) is 11.3. The van der Waals surface area contributed by atoms with Gasteiger partial charge in [-0.2, -0.15) is 9.97 Å². The van der Waals surface area contributed by atoms with Crippen molar-refractivity contribution in [2.45, 2.75) is 25.4 Å². The number of rotatable bonds is 10. The summed E-state index contributed by atoms with van der Waals surface area (Å²) in [5.41, 5.74) is 2.93. The maximum absolute atomic E-state index is 10.9. The van der Waals surface area contributed by atoms with E-state index in [9.17, 15) is 15.0 Å². The predicted molar refractivity (Wildman–Crippen MR) is 165 cm³/mol. The molecule has 2 N–H and O–H groups in total. The first-order valence-corrected chi connectivity index (χ1v) is 15.2. The van der Waals surface area contributed by atoms with Gasteiger partial charge in [-0.25, -0.2) is 0 Å². The summed E-state index contributed by atoms with van der Waals surface area (Å²) in [6.07, 6.45) is 5.61. The van der Waals surface area contributed by atoms with E-state index in [1.165, 1.54) is 6.08 Å². The Balaban J connectivity index is 1.27. The molecular weight excluding hydrogens is 548 g/mol. The zero-order chi connectivity index (χ0) is 29.6. The minimum Gasteiger partial charge on any atom is -0.508 e. The van der Waals surface area contributed by atoms with Crippen LogP contribution in [0.3, 0.4) is 0 Å². The summed E-state index contributed by atoms with van der Waals surface area (Å²) >= 11 is 0. The number of carbonyl (C=O) groups is 1. The minimum absolute atomic E-state index is 0.0403. The molecule has 11 heteroatoms. The topological polar surface area (TPSA) is 115 Å². The van der Waals surface area contributed by atoms with Crippen LogP contribution in [-0.4, -0.2) is 115 Å². The number of aromatic hydroxyl groups is 1. The van der Waals surface area contributed by atoms with E-state index in [2.05, 4.69) is 25.7 Å². The molecule has 0 bridgehead atoms. The Morgan fingerprint density at radius 3 is 2.77 bits per heavy atom. The van der Waals surface area contributed by atoms with Gasteiger partial charge in [0.05, 0.1) is 44.7 Å². The van der Waals surface area contributed by atoms with Gasteiger partial charge >= 0.3 is 6.01 Å². The summed E-state index contributed by atoms with van der Waals surface area (Å²) in [6, 6.07) is 11.9. The van der Waals surface area contributed by atoms with Crippen molar-refractivity contribution in [3.05, 3.63) is 59.9 Å². The molecule has 0 aliphatic carbocycles. The van der Waals surface area contributed by atoms with Crippen molar-refractivity contribution in [1.29, 1.82) is 0 Å². The van der Waals surface area contributed by atoms with E-state index in [-0.39, 0.29) is 18.4 Å². The number of aldehydes is 1. The number of ether oxygens (including phenoxy) is 2. The van der Waals surface area contributed by atoms with Crippen molar-refractivity contribution in [3.8, 4) is 11.8 Å². The fraction of sp³-hybridized carbons (Fsp3) is 0.469. The van der Waals surface area contributed by atoms with Gasteiger partial charge in [0.15, 0.2) is 0 Å². The summed E-state index contributed by atoms with van der Waals surface area (Å²) in [5, 5.41) is 22.9. The molecule has 0 amide bonds. The van der Waals surface area contributed by atoms with Gasteiger partial charge in [0.25, 0.3) is 0 Å². The monoisotopic (exact) mass is 588 g/mol. The number of aliphatic hydroxyl groups is 1. The minimum atomic E-state index is -0.189. The Bertz CT molecular complexity index is 1450. The van der Waals surface area contributed by atoms with Gasteiger partial charge in [-0.3, -0.25) is 9.69 Å². The molecule has 0 radical (unpaired) electrons. The van der Waals surface area contributed by atoms with Crippen LogP contribution in [0.25, 0.3) is 10.8 Å². The van der Waals surface area contributed by atoms with Gasteiger partial charge in [-0.1, -0.05) is 24.3 Å². The third-order valence-corrected chi connectivity index (χ3v) is 8.51.